The molecule has 8 nitrogen and oxygen atoms in total. The van der Waals surface area contributed by atoms with Crippen LogP contribution in [0.1, 0.15) is 10.4 Å². The van der Waals surface area contributed by atoms with Crippen molar-refractivity contribution in [1.82, 2.24) is 0 Å². The summed E-state index contributed by atoms with van der Waals surface area (Å²) in [5.74, 6) is -2.03. The van der Waals surface area contributed by atoms with Crippen LogP contribution in [-0.4, -0.2) is 32.6 Å². The number of nitro groups is 1. The number of carbonyl (C=O) groups is 1. The van der Waals surface area contributed by atoms with Crippen molar-refractivity contribution in [2.75, 3.05) is 6.61 Å². The number of aromatic hydroxyl groups is 3. The minimum atomic E-state index is -0.714. The van der Waals surface area contributed by atoms with E-state index in [4.69, 9.17) is 9.84 Å². The summed E-state index contributed by atoms with van der Waals surface area (Å²) in [5, 5.41) is 38.8. The number of carbonyl (C=O) groups excluding carboxylic acids is 1. The van der Waals surface area contributed by atoms with Gasteiger partial charge in [-0.2, -0.15) is 0 Å². The predicted octanol–water partition coefficient (Wildman–Crippen LogP) is 1.97. The summed E-state index contributed by atoms with van der Waals surface area (Å²) in [5.41, 5.74) is -0.493. The van der Waals surface area contributed by atoms with Gasteiger partial charge in [-0.25, -0.2) is 0 Å². The van der Waals surface area contributed by atoms with Crippen molar-refractivity contribution in [2.24, 2.45) is 0 Å². The van der Waals surface area contributed by atoms with E-state index < -0.39 is 28.8 Å². The molecule has 0 aliphatic heterocycles. The normalized spacial score (nSPS) is 10.2. The van der Waals surface area contributed by atoms with Crippen molar-refractivity contribution in [1.29, 1.82) is 0 Å². The number of non-ortho nitro benzene ring substituents is 1. The first-order valence-electron chi connectivity index (χ1n) is 6.04. The molecule has 0 saturated carbocycles. The summed E-state index contributed by atoms with van der Waals surface area (Å²) in [6.07, 6.45) is 0. The quantitative estimate of drug-likeness (QED) is 0.437. The van der Waals surface area contributed by atoms with Gasteiger partial charge in [0.15, 0.2) is 6.61 Å². The molecule has 2 aromatic carbocycles. The van der Waals surface area contributed by atoms with Gasteiger partial charge in [0, 0.05) is 24.3 Å². The molecular formula is C14H11NO7. The Balaban J connectivity index is 2.08. The van der Waals surface area contributed by atoms with Gasteiger partial charge in [-0.1, -0.05) is 0 Å². The summed E-state index contributed by atoms with van der Waals surface area (Å²) in [4.78, 5) is 21.8. The van der Waals surface area contributed by atoms with Crippen molar-refractivity contribution < 1.29 is 29.8 Å². The molecule has 3 N–H and O–H groups in total. The van der Waals surface area contributed by atoms with Crippen LogP contribution >= 0.6 is 0 Å². The first kappa shape index (κ1) is 15.1. The molecule has 0 spiro atoms. The fourth-order valence-electron chi connectivity index (χ4n) is 1.77. The third kappa shape index (κ3) is 3.23. The van der Waals surface area contributed by atoms with E-state index in [-0.39, 0.29) is 22.7 Å². The molecule has 2 rings (SSSR count). The van der Waals surface area contributed by atoms with Crippen molar-refractivity contribution >= 4 is 11.5 Å². The molecule has 0 aliphatic carbocycles. The first-order chi connectivity index (χ1) is 10.4. The van der Waals surface area contributed by atoms with E-state index in [1.807, 2.05) is 0 Å². The van der Waals surface area contributed by atoms with Crippen LogP contribution < -0.4 is 4.74 Å². The Kier molecular flexibility index (Phi) is 4.12. The van der Waals surface area contributed by atoms with Gasteiger partial charge in [-0.05, 0) is 12.1 Å². The molecule has 2 aromatic rings. The van der Waals surface area contributed by atoms with Crippen molar-refractivity contribution in [3.8, 4) is 23.0 Å². The van der Waals surface area contributed by atoms with Crippen LogP contribution in [0.5, 0.6) is 23.0 Å². The largest absolute Gasteiger partial charge is 0.508 e. The lowest BCUT2D eigenvalue weighted by Crippen LogP contribution is -2.12. The van der Waals surface area contributed by atoms with Crippen LogP contribution in [0.25, 0.3) is 0 Å². The topological polar surface area (TPSA) is 130 Å². The van der Waals surface area contributed by atoms with Gasteiger partial charge in [0.25, 0.3) is 5.69 Å². The Morgan fingerprint density at radius 2 is 1.64 bits per heavy atom. The molecule has 114 valence electrons. The van der Waals surface area contributed by atoms with E-state index in [9.17, 15) is 25.1 Å². The monoisotopic (exact) mass is 305 g/mol. The highest BCUT2D eigenvalue weighted by Crippen LogP contribution is 2.32. The molecule has 0 heterocycles. The molecule has 0 atom stereocenters. The summed E-state index contributed by atoms with van der Waals surface area (Å²) in [6.45, 7) is -0.496. The number of Topliss-reactive ketones (excluding diaryl/α,β-unsaturated/α-hetero) is 1. The maximum absolute atomic E-state index is 11.9. The standard InChI is InChI=1S/C14H11NO7/c16-9-5-11(17)14(12(18)6-9)13(19)7-22-10-3-1-8(2-4-10)15(20)21/h1-6,16-18H,7H2. The summed E-state index contributed by atoms with van der Waals surface area (Å²) < 4.78 is 5.14. The number of hydrogen-bond acceptors (Lipinski definition) is 7. The number of benzene rings is 2. The van der Waals surface area contributed by atoms with E-state index in [1.54, 1.807) is 0 Å². The molecule has 0 saturated heterocycles. The minimum Gasteiger partial charge on any atom is -0.508 e. The average molecular weight is 305 g/mol. The third-order valence-corrected chi connectivity index (χ3v) is 2.78. The molecule has 0 radical (unpaired) electrons. The number of rotatable bonds is 5. The molecule has 0 bridgehead atoms. The van der Waals surface area contributed by atoms with Crippen LogP contribution in [0.2, 0.25) is 0 Å². The van der Waals surface area contributed by atoms with Crippen molar-refractivity contribution in [2.45, 2.75) is 0 Å². The number of ketones is 1. The zero-order valence-electron chi connectivity index (χ0n) is 11.1. The van der Waals surface area contributed by atoms with E-state index >= 15 is 0 Å². The average Bonchev–Trinajstić information content (AvgIpc) is 2.44. The molecule has 0 fully saturated rings. The highest BCUT2D eigenvalue weighted by Gasteiger charge is 2.18. The number of ether oxygens (including phenoxy) is 1. The highest BCUT2D eigenvalue weighted by atomic mass is 16.6. The fraction of sp³-hybridized carbons (Fsp3) is 0.0714. The van der Waals surface area contributed by atoms with Gasteiger partial charge >= 0.3 is 0 Å². The maximum atomic E-state index is 11.9. The lowest BCUT2D eigenvalue weighted by Gasteiger charge is -2.08. The Labute approximate surface area is 124 Å². The fourth-order valence-corrected chi connectivity index (χ4v) is 1.77. The van der Waals surface area contributed by atoms with E-state index in [0.29, 0.717) is 0 Å². The Morgan fingerprint density at radius 1 is 1.09 bits per heavy atom. The van der Waals surface area contributed by atoms with Gasteiger partial charge in [0.1, 0.15) is 28.6 Å². The van der Waals surface area contributed by atoms with Crippen LogP contribution in [0, 0.1) is 10.1 Å². The number of phenolic OH excluding ortho intramolecular Hbond substituents is 3. The van der Waals surface area contributed by atoms with E-state index in [1.165, 1.54) is 24.3 Å². The zero-order valence-corrected chi connectivity index (χ0v) is 11.1. The minimum absolute atomic E-state index is 0.118. The maximum Gasteiger partial charge on any atom is 0.269 e. The Hall–Kier alpha value is -3.29. The van der Waals surface area contributed by atoms with Gasteiger partial charge in [0.05, 0.1) is 4.92 Å². The predicted molar refractivity (Wildman–Crippen MR) is 74.4 cm³/mol. The number of phenols is 3. The van der Waals surface area contributed by atoms with E-state index in [0.717, 1.165) is 12.1 Å². The first-order valence-corrected chi connectivity index (χ1v) is 6.04. The van der Waals surface area contributed by atoms with Gasteiger partial charge in [0.2, 0.25) is 5.78 Å². The third-order valence-electron chi connectivity index (χ3n) is 2.78. The summed E-state index contributed by atoms with van der Waals surface area (Å²) >= 11 is 0. The molecular weight excluding hydrogens is 294 g/mol. The van der Waals surface area contributed by atoms with E-state index in [2.05, 4.69) is 0 Å². The molecule has 22 heavy (non-hydrogen) atoms. The van der Waals surface area contributed by atoms with Crippen LogP contribution in [0.4, 0.5) is 5.69 Å². The van der Waals surface area contributed by atoms with Crippen LogP contribution in [-0.2, 0) is 0 Å². The Bertz CT molecular complexity index is 701. The van der Waals surface area contributed by atoms with Crippen LogP contribution in [0.15, 0.2) is 36.4 Å². The van der Waals surface area contributed by atoms with Crippen molar-refractivity contribution in [3.05, 3.63) is 52.1 Å². The second-order valence-electron chi connectivity index (χ2n) is 4.32. The second-order valence-corrected chi connectivity index (χ2v) is 4.32. The number of hydrogen-bond donors (Lipinski definition) is 3. The van der Waals surface area contributed by atoms with Gasteiger partial charge in [-0.15, -0.1) is 0 Å². The molecule has 0 unspecified atom stereocenters. The van der Waals surface area contributed by atoms with Gasteiger partial charge < -0.3 is 20.1 Å². The van der Waals surface area contributed by atoms with Crippen molar-refractivity contribution in [3.63, 3.8) is 0 Å². The lowest BCUT2D eigenvalue weighted by molar-refractivity contribution is -0.384. The van der Waals surface area contributed by atoms with Gasteiger partial charge in [-0.3, -0.25) is 14.9 Å². The zero-order chi connectivity index (χ0) is 16.3. The summed E-state index contributed by atoms with van der Waals surface area (Å²) in [7, 11) is 0. The second kappa shape index (κ2) is 6.00. The lowest BCUT2D eigenvalue weighted by atomic mass is 10.1. The SMILES string of the molecule is O=C(COc1ccc([N+](=O)[O-])cc1)c1c(O)cc(O)cc1O. The molecule has 8 heteroatoms. The molecule has 0 amide bonds. The smallest absolute Gasteiger partial charge is 0.269 e. The summed E-state index contributed by atoms with van der Waals surface area (Å²) in [6, 6.07) is 6.91. The molecule has 0 aliphatic rings. The van der Waals surface area contributed by atoms with Crippen LogP contribution in [0.3, 0.4) is 0 Å². The number of nitro benzene ring substituents is 1. The molecule has 0 aromatic heterocycles. The highest BCUT2D eigenvalue weighted by molar-refractivity contribution is 6.02. The number of nitrogens with zero attached hydrogens (tertiary/aromatic N) is 1. The Morgan fingerprint density at radius 3 is 2.14 bits per heavy atom.